The van der Waals surface area contributed by atoms with Crippen molar-refractivity contribution < 1.29 is 4.79 Å². The van der Waals surface area contributed by atoms with Crippen LogP contribution in [-0.4, -0.2) is 23.5 Å². The summed E-state index contributed by atoms with van der Waals surface area (Å²) in [7, 11) is 0. The summed E-state index contributed by atoms with van der Waals surface area (Å²) in [6, 6.07) is 7.13. The molecule has 4 N–H and O–H groups in total. The van der Waals surface area contributed by atoms with Gasteiger partial charge in [-0.15, -0.1) is 0 Å². The molecule has 0 radical (unpaired) electrons. The third-order valence-electron chi connectivity index (χ3n) is 3.08. The van der Waals surface area contributed by atoms with Crippen LogP contribution in [0.3, 0.4) is 0 Å². The maximum atomic E-state index is 11.9. The lowest BCUT2D eigenvalue weighted by molar-refractivity contribution is -0.121. The fraction of sp³-hybridized carbons (Fsp3) is 0.333. The second-order valence-electron chi connectivity index (χ2n) is 4.79. The van der Waals surface area contributed by atoms with Crippen molar-refractivity contribution >= 4 is 28.2 Å². The summed E-state index contributed by atoms with van der Waals surface area (Å²) >= 11 is 0. The summed E-state index contributed by atoms with van der Waals surface area (Å²) in [4.78, 5) is 16.2. The lowest BCUT2D eigenvalue weighted by Crippen LogP contribution is -2.37. The van der Waals surface area contributed by atoms with E-state index in [1.54, 1.807) is 6.20 Å². The Morgan fingerprint density at radius 1 is 1.40 bits per heavy atom. The lowest BCUT2D eigenvalue weighted by Gasteiger charge is -2.16. The van der Waals surface area contributed by atoms with Crippen LogP contribution in [0.5, 0.6) is 0 Å². The molecule has 1 aromatic carbocycles. The second-order valence-corrected chi connectivity index (χ2v) is 4.79. The van der Waals surface area contributed by atoms with Crippen molar-refractivity contribution in [1.82, 2.24) is 10.3 Å². The first-order valence-electron chi connectivity index (χ1n) is 6.80. The molecule has 1 amide bonds. The number of rotatable bonds is 5. The van der Waals surface area contributed by atoms with E-state index in [1.807, 2.05) is 38.1 Å². The molecule has 0 saturated carbocycles. The maximum absolute atomic E-state index is 11.9. The van der Waals surface area contributed by atoms with E-state index in [4.69, 9.17) is 5.73 Å². The van der Waals surface area contributed by atoms with Crippen molar-refractivity contribution in [2.45, 2.75) is 26.3 Å². The van der Waals surface area contributed by atoms with E-state index in [2.05, 4.69) is 15.6 Å². The Bertz CT molecular complexity index is 612. The van der Waals surface area contributed by atoms with Crippen LogP contribution in [0.1, 0.15) is 20.3 Å². The number of nitrogen functional groups attached to an aromatic ring is 1. The topological polar surface area (TPSA) is 80.0 Å². The Hall–Kier alpha value is -2.30. The van der Waals surface area contributed by atoms with E-state index in [0.29, 0.717) is 12.2 Å². The van der Waals surface area contributed by atoms with Gasteiger partial charge >= 0.3 is 0 Å². The SMILES string of the molecule is CCCNC(=O)C(C)Nc1ccnc2cc(N)ccc12. The van der Waals surface area contributed by atoms with E-state index in [9.17, 15) is 4.79 Å². The molecule has 2 aromatic rings. The van der Waals surface area contributed by atoms with Crippen molar-refractivity contribution in [3.05, 3.63) is 30.5 Å². The van der Waals surface area contributed by atoms with Gasteiger partial charge in [0.15, 0.2) is 0 Å². The van der Waals surface area contributed by atoms with Crippen molar-refractivity contribution in [3.8, 4) is 0 Å². The molecule has 0 bridgehead atoms. The summed E-state index contributed by atoms with van der Waals surface area (Å²) in [5.74, 6) is -0.00717. The molecule has 20 heavy (non-hydrogen) atoms. The van der Waals surface area contributed by atoms with Crippen molar-refractivity contribution in [2.24, 2.45) is 0 Å². The number of nitrogens with zero attached hydrogens (tertiary/aromatic N) is 1. The van der Waals surface area contributed by atoms with E-state index < -0.39 is 0 Å². The molecule has 1 aromatic heterocycles. The summed E-state index contributed by atoms with van der Waals surface area (Å²) in [5, 5.41) is 7.05. The Morgan fingerprint density at radius 3 is 2.95 bits per heavy atom. The zero-order valence-electron chi connectivity index (χ0n) is 11.8. The van der Waals surface area contributed by atoms with Gasteiger partial charge in [0.2, 0.25) is 5.91 Å². The first kappa shape index (κ1) is 14.1. The number of amides is 1. The number of nitrogens with one attached hydrogen (secondary N) is 2. The van der Waals surface area contributed by atoms with Crippen LogP contribution >= 0.6 is 0 Å². The van der Waals surface area contributed by atoms with Gasteiger partial charge in [-0.25, -0.2) is 0 Å². The quantitative estimate of drug-likeness (QED) is 0.729. The number of hydrogen-bond acceptors (Lipinski definition) is 4. The van der Waals surface area contributed by atoms with Crippen LogP contribution < -0.4 is 16.4 Å². The number of hydrogen-bond donors (Lipinski definition) is 3. The fourth-order valence-electron chi connectivity index (χ4n) is 1.99. The van der Waals surface area contributed by atoms with Gasteiger partial charge in [0.25, 0.3) is 0 Å². The first-order chi connectivity index (χ1) is 9.61. The number of aromatic nitrogens is 1. The van der Waals surface area contributed by atoms with Gasteiger partial charge in [-0.1, -0.05) is 6.92 Å². The van der Waals surface area contributed by atoms with Gasteiger partial charge in [-0.3, -0.25) is 9.78 Å². The van der Waals surface area contributed by atoms with Gasteiger partial charge in [0.1, 0.15) is 6.04 Å². The average molecular weight is 272 g/mol. The molecule has 5 heteroatoms. The van der Waals surface area contributed by atoms with Gasteiger partial charge in [-0.2, -0.15) is 0 Å². The van der Waals surface area contributed by atoms with Crippen LogP contribution in [0.4, 0.5) is 11.4 Å². The van der Waals surface area contributed by atoms with Crippen molar-refractivity contribution in [2.75, 3.05) is 17.6 Å². The van der Waals surface area contributed by atoms with Crippen LogP contribution in [0.15, 0.2) is 30.5 Å². The Balaban J connectivity index is 2.19. The number of carbonyl (C=O) groups excluding carboxylic acids is 1. The minimum absolute atomic E-state index is 0.00717. The van der Waals surface area contributed by atoms with E-state index in [1.165, 1.54) is 0 Å². The van der Waals surface area contributed by atoms with E-state index in [-0.39, 0.29) is 11.9 Å². The summed E-state index contributed by atoms with van der Waals surface area (Å²) < 4.78 is 0. The molecule has 0 fully saturated rings. The molecule has 106 valence electrons. The highest BCUT2D eigenvalue weighted by Gasteiger charge is 2.13. The summed E-state index contributed by atoms with van der Waals surface area (Å²) in [5.41, 5.74) is 8.13. The van der Waals surface area contributed by atoms with Crippen LogP contribution in [-0.2, 0) is 4.79 Å². The molecule has 1 atom stereocenters. The zero-order chi connectivity index (χ0) is 14.5. The molecule has 1 heterocycles. The molecule has 0 saturated heterocycles. The van der Waals surface area contributed by atoms with Crippen molar-refractivity contribution in [3.63, 3.8) is 0 Å². The molecular formula is C15H20N4O. The van der Waals surface area contributed by atoms with Gasteiger partial charge < -0.3 is 16.4 Å². The second kappa shape index (κ2) is 6.23. The third-order valence-corrected chi connectivity index (χ3v) is 3.08. The number of benzene rings is 1. The third kappa shape index (κ3) is 3.17. The lowest BCUT2D eigenvalue weighted by atomic mass is 10.1. The number of anilines is 2. The van der Waals surface area contributed by atoms with E-state index >= 15 is 0 Å². The molecule has 0 aliphatic heterocycles. The predicted octanol–water partition coefficient (Wildman–Crippen LogP) is 2.14. The molecule has 0 aliphatic carbocycles. The normalized spacial score (nSPS) is 12.1. The molecule has 1 unspecified atom stereocenters. The van der Waals surface area contributed by atoms with Crippen LogP contribution in [0.25, 0.3) is 10.9 Å². The summed E-state index contributed by atoms with van der Waals surface area (Å²) in [6.45, 7) is 4.56. The number of fused-ring (bicyclic) bond motifs is 1. The highest BCUT2D eigenvalue weighted by molar-refractivity contribution is 5.94. The number of pyridine rings is 1. The minimum Gasteiger partial charge on any atom is -0.399 e. The molecule has 2 rings (SSSR count). The van der Waals surface area contributed by atoms with Gasteiger partial charge in [-0.05, 0) is 37.6 Å². The Kier molecular flexibility index (Phi) is 4.40. The standard InChI is InChI=1S/C15H20N4O/c1-3-7-18-15(20)10(2)19-13-6-8-17-14-9-11(16)4-5-12(13)14/h4-6,8-10H,3,7,16H2,1-2H3,(H,17,19)(H,18,20). The predicted molar refractivity (Wildman–Crippen MR) is 82.5 cm³/mol. The monoisotopic (exact) mass is 272 g/mol. The first-order valence-corrected chi connectivity index (χ1v) is 6.80. The van der Waals surface area contributed by atoms with Crippen LogP contribution in [0.2, 0.25) is 0 Å². The minimum atomic E-state index is -0.301. The molecular weight excluding hydrogens is 252 g/mol. The van der Waals surface area contributed by atoms with Crippen molar-refractivity contribution in [1.29, 1.82) is 0 Å². The van der Waals surface area contributed by atoms with Gasteiger partial charge in [0.05, 0.1) is 5.52 Å². The highest BCUT2D eigenvalue weighted by atomic mass is 16.2. The zero-order valence-corrected chi connectivity index (χ0v) is 11.8. The maximum Gasteiger partial charge on any atom is 0.242 e. The Labute approximate surface area is 118 Å². The molecule has 0 aliphatic rings. The number of carbonyl (C=O) groups is 1. The molecule has 0 spiro atoms. The highest BCUT2D eigenvalue weighted by Crippen LogP contribution is 2.23. The summed E-state index contributed by atoms with van der Waals surface area (Å²) in [6.07, 6.45) is 2.64. The number of nitrogens with two attached hydrogens (primary N) is 1. The van der Waals surface area contributed by atoms with Gasteiger partial charge in [0, 0.05) is 29.5 Å². The smallest absolute Gasteiger partial charge is 0.242 e. The van der Waals surface area contributed by atoms with Crippen LogP contribution in [0, 0.1) is 0 Å². The largest absolute Gasteiger partial charge is 0.399 e. The molecule has 5 nitrogen and oxygen atoms in total. The fourth-order valence-corrected chi connectivity index (χ4v) is 1.99. The van der Waals surface area contributed by atoms with E-state index in [0.717, 1.165) is 23.0 Å². The Morgan fingerprint density at radius 2 is 2.20 bits per heavy atom. The average Bonchev–Trinajstić information content (AvgIpc) is 2.44.